The van der Waals surface area contributed by atoms with Crippen molar-refractivity contribution in [3.8, 4) is 11.3 Å². The molecule has 3 aromatic rings. The van der Waals surface area contributed by atoms with Crippen molar-refractivity contribution in [3.63, 3.8) is 0 Å². The number of H-pyrrole nitrogens is 1. The summed E-state index contributed by atoms with van der Waals surface area (Å²) in [6.07, 6.45) is -1.33. The number of ketones is 1. The molecule has 1 aromatic carbocycles. The molecule has 0 unspecified atom stereocenters. The summed E-state index contributed by atoms with van der Waals surface area (Å²) in [5.74, 6) is -1.19. The van der Waals surface area contributed by atoms with E-state index in [1.165, 1.54) is 12.5 Å². The second-order valence-corrected chi connectivity index (χ2v) is 6.54. The highest BCUT2D eigenvalue weighted by molar-refractivity contribution is 6.08. The number of nitrogens with one attached hydrogen (secondary N) is 1. The van der Waals surface area contributed by atoms with Gasteiger partial charge in [-0.3, -0.25) is 4.79 Å². The summed E-state index contributed by atoms with van der Waals surface area (Å²) in [4.78, 5) is 35.6. The van der Waals surface area contributed by atoms with E-state index in [0.29, 0.717) is 33.9 Å². The highest BCUT2D eigenvalue weighted by Gasteiger charge is 2.30. The number of ether oxygens (including phenoxy) is 1. The first kappa shape index (κ1) is 21.2. The second-order valence-electron chi connectivity index (χ2n) is 6.54. The van der Waals surface area contributed by atoms with Gasteiger partial charge in [0.1, 0.15) is 12.0 Å². The molecule has 0 aliphatic rings. The van der Waals surface area contributed by atoms with Crippen molar-refractivity contribution in [2.24, 2.45) is 0 Å². The molecule has 0 aliphatic carbocycles. The van der Waals surface area contributed by atoms with E-state index >= 15 is 0 Å². The summed E-state index contributed by atoms with van der Waals surface area (Å²) in [7, 11) is 0. The van der Waals surface area contributed by atoms with Gasteiger partial charge in [0, 0.05) is 23.8 Å². The van der Waals surface area contributed by atoms with E-state index in [1.807, 2.05) is 0 Å². The molecule has 1 N–H and O–H groups in total. The first-order chi connectivity index (χ1) is 14.2. The van der Waals surface area contributed by atoms with E-state index in [2.05, 4.69) is 15.0 Å². The second kappa shape index (κ2) is 8.48. The molecule has 0 aliphatic heterocycles. The zero-order valence-corrected chi connectivity index (χ0v) is 16.2. The van der Waals surface area contributed by atoms with Crippen LogP contribution in [-0.2, 0) is 16.0 Å². The van der Waals surface area contributed by atoms with Gasteiger partial charge in [-0.25, -0.2) is 14.8 Å². The number of aromatic amines is 1. The smallest absolute Gasteiger partial charge is 0.412 e. The molecule has 156 valence electrons. The fraction of sp³-hybridized carbons (Fsp3) is 0.238. The van der Waals surface area contributed by atoms with Crippen LogP contribution in [0.25, 0.3) is 22.3 Å². The van der Waals surface area contributed by atoms with E-state index in [9.17, 15) is 22.8 Å². The molecule has 0 spiro atoms. The maximum absolute atomic E-state index is 12.6. The van der Waals surface area contributed by atoms with Gasteiger partial charge in [0.25, 0.3) is 0 Å². The number of carbonyl (C=O) groups is 2. The molecular weight excluding hydrogens is 399 g/mol. The predicted octanol–water partition coefficient (Wildman–Crippen LogP) is 4.42. The van der Waals surface area contributed by atoms with E-state index in [0.717, 1.165) is 6.92 Å². The molecule has 0 radical (unpaired) electrons. The summed E-state index contributed by atoms with van der Waals surface area (Å²) in [5, 5.41) is 0.465. The van der Waals surface area contributed by atoms with Gasteiger partial charge in [0.05, 0.1) is 23.3 Å². The Morgan fingerprint density at radius 1 is 1.23 bits per heavy atom. The van der Waals surface area contributed by atoms with Gasteiger partial charge < -0.3 is 9.72 Å². The minimum atomic E-state index is -4.54. The van der Waals surface area contributed by atoms with Crippen LogP contribution in [0.5, 0.6) is 0 Å². The van der Waals surface area contributed by atoms with E-state index in [-0.39, 0.29) is 18.6 Å². The van der Waals surface area contributed by atoms with Crippen LogP contribution < -0.4 is 0 Å². The monoisotopic (exact) mass is 417 g/mol. The van der Waals surface area contributed by atoms with Crippen molar-refractivity contribution < 1.29 is 27.5 Å². The van der Waals surface area contributed by atoms with Crippen molar-refractivity contribution >= 4 is 22.8 Å². The minimum absolute atomic E-state index is 0.201. The van der Waals surface area contributed by atoms with E-state index < -0.39 is 23.5 Å². The quantitative estimate of drug-likeness (QED) is 0.474. The number of benzene rings is 1. The SMILES string of the molecule is CCOC(=O)c1c[nH]c2ncnc(-c3cccc(CC(=O)/C=C(/C)C(F)(F)F)c3)c12. The summed E-state index contributed by atoms with van der Waals surface area (Å²) in [6, 6.07) is 6.69. The number of fused-ring (bicyclic) bond motifs is 1. The van der Waals surface area contributed by atoms with Crippen molar-refractivity contribution in [3.05, 3.63) is 59.6 Å². The number of allylic oxidation sites excluding steroid dienone is 2. The fourth-order valence-corrected chi connectivity index (χ4v) is 2.96. The Balaban J connectivity index is 1.97. The zero-order chi connectivity index (χ0) is 21.9. The molecule has 0 amide bonds. The van der Waals surface area contributed by atoms with Gasteiger partial charge in [-0.1, -0.05) is 18.2 Å². The molecule has 2 heterocycles. The van der Waals surface area contributed by atoms with Crippen LogP contribution in [-0.4, -0.2) is 39.5 Å². The standard InChI is InChI=1S/C21H18F3N3O3/c1-3-30-20(29)16-10-25-19-17(16)18(26-11-27-19)14-6-4-5-13(8-14)9-15(28)7-12(2)21(22,23)24/h4-8,10-11H,3,9H2,1-2H3,(H,25,26,27)/b12-7-. The molecule has 30 heavy (non-hydrogen) atoms. The van der Waals surface area contributed by atoms with Crippen LogP contribution in [0.4, 0.5) is 13.2 Å². The molecule has 9 heteroatoms. The lowest BCUT2D eigenvalue weighted by Crippen LogP contribution is -2.11. The number of hydrogen-bond acceptors (Lipinski definition) is 5. The number of rotatable bonds is 6. The Hall–Kier alpha value is -3.49. The summed E-state index contributed by atoms with van der Waals surface area (Å²) < 4.78 is 43.0. The van der Waals surface area contributed by atoms with Crippen molar-refractivity contribution in [1.82, 2.24) is 15.0 Å². The number of aromatic nitrogens is 3. The maximum Gasteiger partial charge on any atom is 0.412 e. The third kappa shape index (κ3) is 4.56. The molecule has 0 atom stereocenters. The molecule has 2 aromatic heterocycles. The van der Waals surface area contributed by atoms with Gasteiger partial charge in [-0.15, -0.1) is 0 Å². The number of alkyl halides is 3. The Kier molecular flexibility index (Phi) is 6.00. The van der Waals surface area contributed by atoms with Crippen molar-refractivity contribution in [1.29, 1.82) is 0 Å². The number of carbonyl (C=O) groups excluding carboxylic acids is 2. The number of esters is 1. The van der Waals surface area contributed by atoms with Crippen LogP contribution >= 0.6 is 0 Å². The molecule has 0 saturated carbocycles. The predicted molar refractivity (Wildman–Crippen MR) is 104 cm³/mol. The Morgan fingerprint density at radius 2 is 2.00 bits per heavy atom. The van der Waals surface area contributed by atoms with Crippen LogP contribution in [0.2, 0.25) is 0 Å². The summed E-state index contributed by atoms with van der Waals surface area (Å²) in [6.45, 7) is 2.76. The summed E-state index contributed by atoms with van der Waals surface area (Å²) in [5.41, 5.74) is 1.31. The van der Waals surface area contributed by atoms with Gasteiger partial charge in [0.15, 0.2) is 5.78 Å². The molecule has 0 bridgehead atoms. The first-order valence-corrected chi connectivity index (χ1v) is 9.07. The van der Waals surface area contributed by atoms with Crippen molar-refractivity contribution in [2.45, 2.75) is 26.4 Å². The average molecular weight is 417 g/mol. The van der Waals surface area contributed by atoms with Crippen LogP contribution in [0.15, 0.2) is 48.4 Å². The highest BCUT2D eigenvalue weighted by atomic mass is 19.4. The van der Waals surface area contributed by atoms with E-state index in [1.54, 1.807) is 31.2 Å². The lowest BCUT2D eigenvalue weighted by molar-refractivity contribution is -0.115. The minimum Gasteiger partial charge on any atom is -0.462 e. The number of halogens is 3. The molecule has 0 fully saturated rings. The molecular formula is C21H18F3N3O3. The molecule has 0 saturated heterocycles. The van der Waals surface area contributed by atoms with Gasteiger partial charge in [-0.05, 0) is 31.6 Å². The Bertz CT molecular complexity index is 1130. The topological polar surface area (TPSA) is 84.9 Å². The van der Waals surface area contributed by atoms with Gasteiger partial charge in [-0.2, -0.15) is 13.2 Å². The van der Waals surface area contributed by atoms with Crippen LogP contribution in [0.3, 0.4) is 0 Å². The molecule has 3 rings (SSSR count). The lowest BCUT2D eigenvalue weighted by atomic mass is 10.0. The number of nitrogens with zero attached hydrogens (tertiary/aromatic N) is 2. The summed E-state index contributed by atoms with van der Waals surface area (Å²) >= 11 is 0. The van der Waals surface area contributed by atoms with Crippen LogP contribution in [0.1, 0.15) is 29.8 Å². The van der Waals surface area contributed by atoms with Crippen molar-refractivity contribution in [2.75, 3.05) is 6.61 Å². The average Bonchev–Trinajstić information content (AvgIpc) is 3.12. The van der Waals surface area contributed by atoms with Gasteiger partial charge in [0.2, 0.25) is 0 Å². The number of hydrogen-bond donors (Lipinski definition) is 1. The zero-order valence-electron chi connectivity index (χ0n) is 16.2. The third-order valence-electron chi connectivity index (χ3n) is 4.37. The van der Waals surface area contributed by atoms with E-state index in [4.69, 9.17) is 4.74 Å². The largest absolute Gasteiger partial charge is 0.462 e. The fourth-order valence-electron chi connectivity index (χ4n) is 2.96. The highest BCUT2D eigenvalue weighted by Crippen LogP contribution is 2.29. The van der Waals surface area contributed by atoms with Gasteiger partial charge >= 0.3 is 12.1 Å². The third-order valence-corrected chi connectivity index (χ3v) is 4.37. The Labute approximate surface area is 169 Å². The molecule has 6 nitrogen and oxygen atoms in total. The van der Waals surface area contributed by atoms with Crippen LogP contribution in [0, 0.1) is 0 Å². The maximum atomic E-state index is 12.6. The first-order valence-electron chi connectivity index (χ1n) is 9.07. The normalized spacial score (nSPS) is 12.2. The Morgan fingerprint density at radius 3 is 2.70 bits per heavy atom. The lowest BCUT2D eigenvalue weighted by Gasteiger charge is -2.08.